The van der Waals surface area contributed by atoms with Crippen molar-refractivity contribution >= 4 is 23.2 Å². The number of benzene rings is 2. The molecule has 2 aromatic rings. The Morgan fingerprint density at radius 2 is 1.76 bits per heavy atom. The Morgan fingerprint density at radius 3 is 2.41 bits per heavy atom. The van der Waals surface area contributed by atoms with E-state index in [0.29, 0.717) is 10.0 Å². The van der Waals surface area contributed by atoms with Crippen molar-refractivity contribution < 1.29 is 4.74 Å². The van der Waals surface area contributed by atoms with Gasteiger partial charge in [-0.05, 0) is 36.2 Å². The molecule has 0 amide bonds. The van der Waals surface area contributed by atoms with E-state index in [9.17, 15) is 0 Å². The minimum absolute atomic E-state index is 0.569. The second-order valence-corrected chi connectivity index (χ2v) is 4.57. The lowest BCUT2D eigenvalue weighted by Gasteiger charge is -2.10. The molecule has 2 aromatic carbocycles. The van der Waals surface area contributed by atoms with E-state index in [1.807, 2.05) is 37.3 Å². The molecule has 0 radical (unpaired) electrons. The summed E-state index contributed by atoms with van der Waals surface area (Å²) in [7, 11) is 1.65. The van der Waals surface area contributed by atoms with Crippen LogP contribution in [0.2, 0.25) is 10.0 Å². The van der Waals surface area contributed by atoms with Gasteiger partial charge >= 0.3 is 0 Å². The maximum Gasteiger partial charge on any atom is 0.119 e. The summed E-state index contributed by atoms with van der Waals surface area (Å²) >= 11 is 12.2. The topological polar surface area (TPSA) is 9.23 Å². The monoisotopic (exact) mass is 266 g/mol. The van der Waals surface area contributed by atoms with Crippen molar-refractivity contribution in [2.75, 3.05) is 7.11 Å². The first-order chi connectivity index (χ1) is 8.13. The summed E-state index contributed by atoms with van der Waals surface area (Å²) in [6.07, 6.45) is 0. The van der Waals surface area contributed by atoms with E-state index in [1.165, 1.54) is 0 Å². The van der Waals surface area contributed by atoms with Gasteiger partial charge in [0.05, 0.1) is 17.2 Å². The molecule has 0 aliphatic rings. The molecule has 17 heavy (non-hydrogen) atoms. The minimum atomic E-state index is 0.569. The van der Waals surface area contributed by atoms with Gasteiger partial charge in [0.1, 0.15) is 5.75 Å². The van der Waals surface area contributed by atoms with E-state index in [2.05, 4.69) is 0 Å². The van der Waals surface area contributed by atoms with Gasteiger partial charge in [0, 0.05) is 5.56 Å². The van der Waals surface area contributed by atoms with Crippen LogP contribution in [0.4, 0.5) is 0 Å². The highest BCUT2D eigenvalue weighted by Gasteiger charge is 2.09. The molecule has 0 fully saturated rings. The van der Waals surface area contributed by atoms with Crippen LogP contribution in [-0.2, 0) is 0 Å². The standard InChI is InChI=1S/C14H12Cl2O/c1-9-8-10(17-2)6-7-11(9)12-4-3-5-13(15)14(12)16/h3-8H,1-2H3. The highest BCUT2D eigenvalue weighted by atomic mass is 35.5. The number of ether oxygens (including phenoxy) is 1. The van der Waals surface area contributed by atoms with Crippen LogP contribution in [0.3, 0.4) is 0 Å². The molecule has 0 saturated carbocycles. The Hall–Kier alpha value is -1.18. The molecule has 0 heterocycles. The molecule has 0 atom stereocenters. The molecule has 88 valence electrons. The van der Waals surface area contributed by atoms with E-state index < -0.39 is 0 Å². The maximum atomic E-state index is 6.21. The van der Waals surface area contributed by atoms with Crippen molar-refractivity contribution in [2.24, 2.45) is 0 Å². The van der Waals surface area contributed by atoms with Crippen molar-refractivity contribution in [3.05, 3.63) is 52.0 Å². The van der Waals surface area contributed by atoms with Crippen LogP contribution in [-0.4, -0.2) is 7.11 Å². The smallest absolute Gasteiger partial charge is 0.119 e. The Balaban J connectivity index is 2.57. The fraction of sp³-hybridized carbons (Fsp3) is 0.143. The number of aryl methyl sites for hydroxylation is 1. The van der Waals surface area contributed by atoms with Gasteiger partial charge in [0.15, 0.2) is 0 Å². The van der Waals surface area contributed by atoms with Crippen LogP contribution in [0.25, 0.3) is 11.1 Å². The molecule has 2 rings (SSSR count). The van der Waals surface area contributed by atoms with E-state index >= 15 is 0 Å². The Bertz CT molecular complexity index is 550. The van der Waals surface area contributed by atoms with Crippen LogP contribution < -0.4 is 4.74 Å². The Labute approximate surface area is 111 Å². The molecule has 0 aliphatic carbocycles. The Kier molecular flexibility index (Phi) is 3.60. The van der Waals surface area contributed by atoms with Crippen LogP contribution in [0.15, 0.2) is 36.4 Å². The summed E-state index contributed by atoms with van der Waals surface area (Å²) in [5.74, 6) is 0.837. The predicted octanol–water partition coefficient (Wildman–Crippen LogP) is 4.98. The van der Waals surface area contributed by atoms with Crippen LogP contribution in [0.5, 0.6) is 5.75 Å². The molecule has 1 nitrogen and oxygen atoms in total. The molecule has 0 spiro atoms. The van der Waals surface area contributed by atoms with Gasteiger partial charge in [0.25, 0.3) is 0 Å². The zero-order valence-electron chi connectivity index (χ0n) is 9.63. The number of hydrogen-bond donors (Lipinski definition) is 0. The minimum Gasteiger partial charge on any atom is -0.497 e. The maximum absolute atomic E-state index is 6.21. The van der Waals surface area contributed by atoms with Crippen molar-refractivity contribution in [3.63, 3.8) is 0 Å². The predicted molar refractivity (Wildman–Crippen MR) is 73.2 cm³/mol. The van der Waals surface area contributed by atoms with E-state index in [4.69, 9.17) is 27.9 Å². The van der Waals surface area contributed by atoms with Crippen molar-refractivity contribution in [3.8, 4) is 16.9 Å². The normalized spacial score (nSPS) is 10.4. The van der Waals surface area contributed by atoms with Gasteiger partial charge in [-0.2, -0.15) is 0 Å². The summed E-state index contributed by atoms with van der Waals surface area (Å²) in [5.41, 5.74) is 3.12. The van der Waals surface area contributed by atoms with Crippen molar-refractivity contribution in [1.82, 2.24) is 0 Å². The lowest BCUT2D eigenvalue weighted by Crippen LogP contribution is -1.88. The first kappa shape index (κ1) is 12.3. The molecule has 0 N–H and O–H groups in total. The number of hydrogen-bond acceptors (Lipinski definition) is 1. The van der Waals surface area contributed by atoms with Gasteiger partial charge < -0.3 is 4.74 Å². The highest BCUT2D eigenvalue weighted by Crippen LogP contribution is 2.35. The molecular weight excluding hydrogens is 255 g/mol. The summed E-state index contributed by atoms with van der Waals surface area (Å²) in [6, 6.07) is 11.5. The zero-order chi connectivity index (χ0) is 12.4. The fourth-order valence-corrected chi connectivity index (χ4v) is 2.18. The average molecular weight is 267 g/mol. The first-order valence-electron chi connectivity index (χ1n) is 5.22. The summed E-state index contributed by atoms with van der Waals surface area (Å²) < 4.78 is 5.18. The van der Waals surface area contributed by atoms with Gasteiger partial charge in [-0.15, -0.1) is 0 Å². The SMILES string of the molecule is COc1ccc(-c2cccc(Cl)c2Cl)c(C)c1. The van der Waals surface area contributed by atoms with Crippen molar-refractivity contribution in [2.45, 2.75) is 6.92 Å². The van der Waals surface area contributed by atoms with Gasteiger partial charge in [-0.1, -0.05) is 41.4 Å². The number of rotatable bonds is 2. The third-order valence-electron chi connectivity index (χ3n) is 2.68. The number of halogens is 2. The van der Waals surface area contributed by atoms with Gasteiger partial charge in [0.2, 0.25) is 0 Å². The van der Waals surface area contributed by atoms with Crippen molar-refractivity contribution in [1.29, 1.82) is 0 Å². The molecule has 3 heteroatoms. The van der Waals surface area contributed by atoms with Crippen LogP contribution in [0, 0.1) is 6.92 Å². The van der Waals surface area contributed by atoms with E-state index in [-0.39, 0.29) is 0 Å². The van der Waals surface area contributed by atoms with E-state index in [1.54, 1.807) is 13.2 Å². The quantitative estimate of drug-likeness (QED) is 0.745. The Morgan fingerprint density at radius 1 is 1.00 bits per heavy atom. The second kappa shape index (κ2) is 4.99. The lowest BCUT2D eigenvalue weighted by atomic mass is 10.0. The summed E-state index contributed by atoms with van der Waals surface area (Å²) in [6.45, 7) is 2.02. The van der Waals surface area contributed by atoms with Crippen LogP contribution >= 0.6 is 23.2 Å². The second-order valence-electron chi connectivity index (χ2n) is 3.78. The van der Waals surface area contributed by atoms with Gasteiger partial charge in [-0.3, -0.25) is 0 Å². The average Bonchev–Trinajstić information content (AvgIpc) is 2.33. The molecular formula is C14H12Cl2O. The zero-order valence-corrected chi connectivity index (χ0v) is 11.1. The third kappa shape index (κ3) is 2.41. The lowest BCUT2D eigenvalue weighted by molar-refractivity contribution is 0.414. The van der Waals surface area contributed by atoms with Gasteiger partial charge in [-0.25, -0.2) is 0 Å². The third-order valence-corrected chi connectivity index (χ3v) is 3.49. The molecule has 0 saturated heterocycles. The van der Waals surface area contributed by atoms with E-state index in [0.717, 1.165) is 22.4 Å². The molecule has 0 unspecified atom stereocenters. The molecule has 0 bridgehead atoms. The molecule has 0 aliphatic heterocycles. The largest absolute Gasteiger partial charge is 0.497 e. The highest BCUT2D eigenvalue weighted by molar-refractivity contribution is 6.43. The fourth-order valence-electron chi connectivity index (χ4n) is 1.78. The summed E-state index contributed by atoms with van der Waals surface area (Å²) in [4.78, 5) is 0. The summed E-state index contributed by atoms with van der Waals surface area (Å²) in [5, 5.41) is 1.15. The first-order valence-corrected chi connectivity index (χ1v) is 5.98. The van der Waals surface area contributed by atoms with Crippen LogP contribution in [0.1, 0.15) is 5.56 Å². The number of methoxy groups -OCH3 is 1. The molecule has 0 aromatic heterocycles.